The number of nitrogens with two attached hydrogens (primary N) is 1. The van der Waals surface area contributed by atoms with Crippen molar-refractivity contribution in [3.8, 4) is 0 Å². The number of primary amides is 1. The Kier molecular flexibility index (Phi) is 6.78. The molecule has 2 amide bonds. The van der Waals surface area contributed by atoms with Gasteiger partial charge in [0.15, 0.2) is 0 Å². The van der Waals surface area contributed by atoms with Crippen LogP contribution in [-0.4, -0.2) is 48.4 Å². The molecule has 1 atom stereocenters. The first kappa shape index (κ1) is 21.7. The Balaban J connectivity index is 1.29. The minimum Gasteiger partial charge on any atom is -0.371 e. The van der Waals surface area contributed by atoms with E-state index in [4.69, 9.17) is 17.3 Å². The predicted octanol–water partition coefficient (Wildman–Crippen LogP) is 3.44. The highest BCUT2D eigenvalue weighted by molar-refractivity contribution is 6.30. The van der Waals surface area contributed by atoms with Crippen molar-refractivity contribution >= 4 is 34.8 Å². The lowest BCUT2D eigenvalue weighted by Gasteiger charge is -2.39. The molecule has 0 radical (unpaired) electrons. The van der Waals surface area contributed by atoms with Crippen LogP contribution in [0.15, 0.2) is 48.5 Å². The summed E-state index contributed by atoms with van der Waals surface area (Å²) in [6.07, 6.45) is 4.29. The lowest BCUT2D eigenvalue weighted by Crippen LogP contribution is -2.50. The average molecular weight is 441 g/mol. The van der Waals surface area contributed by atoms with Crippen LogP contribution in [0, 0.1) is 0 Å². The molecule has 0 aromatic heterocycles. The highest BCUT2D eigenvalue weighted by Gasteiger charge is 2.35. The van der Waals surface area contributed by atoms with Gasteiger partial charge in [0, 0.05) is 35.5 Å². The smallest absolute Gasteiger partial charge is 0.234 e. The molecule has 0 unspecified atom stereocenters. The van der Waals surface area contributed by atoms with Crippen LogP contribution in [-0.2, 0) is 16.0 Å². The lowest BCUT2D eigenvalue weighted by molar-refractivity contribution is -0.123. The molecule has 2 aromatic rings. The number of hydrogen-bond acceptors (Lipinski definition) is 4. The average Bonchev–Trinajstić information content (AvgIpc) is 3.25. The molecule has 4 rings (SSSR count). The van der Waals surface area contributed by atoms with Crippen molar-refractivity contribution in [1.82, 2.24) is 4.90 Å². The Bertz CT molecular complexity index is 925. The largest absolute Gasteiger partial charge is 0.371 e. The summed E-state index contributed by atoms with van der Waals surface area (Å²) in [6, 6.07) is 15.7. The minimum absolute atomic E-state index is 0.0644. The van der Waals surface area contributed by atoms with Gasteiger partial charge in [-0.2, -0.15) is 0 Å². The Morgan fingerprint density at radius 1 is 1.03 bits per heavy atom. The van der Waals surface area contributed by atoms with E-state index in [-0.39, 0.29) is 17.9 Å². The van der Waals surface area contributed by atoms with Crippen molar-refractivity contribution in [2.45, 2.75) is 44.2 Å². The molecule has 6 nitrogen and oxygen atoms in total. The Labute approximate surface area is 188 Å². The summed E-state index contributed by atoms with van der Waals surface area (Å²) in [7, 11) is 0. The second kappa shape index (κ2) is 9.71. The van der Waals surface area contributed by atoms with Crippen molar-refractivity contribution in [3.63, 3.8) is 0 Å². The molecule has 0 bridgehead atoms. The highest BCUT2D eigenvalue weighted by Crippen LogP contribution is 2.28. The number of carbonyl (C=O) groups excluding carboxylic acids is 2. The van der Waals surface area contributed by atoms with E-state index >= 15 is 0 Å². The molecule has 2 fully saturated rings. The number of hydrogen-bond donors (Lipinski definition) is 2. The summed E-state index contributed by atoms with van der Waals surface area (Å²) in [6.45, 7) is 2.88. The van der Waals surface area contributed by atoms with E-state index in [0.717, 1.165) is 62.3 Å². The number of halogens is 1. The first-order valence-electron chi connectivity index (χ1n) is 10.9. The third kappa shape index (κ3) is 5.38. The number of amides is 2. The fourth-order valence-electron chi connectivity index (χ4n) is 4.78. The van der Waals surface area contributed by atoms with Gasteiger partial charge in [-0.25, -0.2) is 0 Å². The molecule has 31 heavy (non-hydrogen) atoms. The van der Waals surface area contributed by atoms with E-state index in [0.29, 0.717) is 17.5 Å². The van der Waals surface area contributed by atoms with Gasteiger partial charge in [0.05, 0.1) is 12.5 Å². The molecule has 164 valence electrons. The van der Waals surface area contributed by atoms with E-state index in [2.05, 4.69) is 27.2 Å². The lowest BCUT2D eigenvalue weighted by atomic mass is 10.0. The second-order valence-electron chi connectivity index (χ2n) is 8.42. The first-order chi connectivity index (χ1) is 15.0. The highest BCUT2D eigenvalue weighted by atomic mass is 35.5. The summed E-state index contributed by atoms with van der Waals surface area (Å²) in [4.78, 5) is 28.7. The van der Waals surface area contributed by atoms with Crippen molar-refractivity contribution in [3.05, 3.63) is 59.1 Å². The zero-order valence-corrected chi connectivity index (χ0v) is 18.4. The van der Waals surface area contributed by atoms with Crippen molar-refractivity contribution in [2.24, 2.45) is 5.73 Å². The number of rotatable bonds is 6. The maximum atomic E-state index is 12.3. The fourth-order valence-corrected chi connectivity index (χ4v) is 4.99. The predicted molar refractivity (Wildman–Crippen MR) is 124 cm³/mol. The summed E-state index contributed by atoms with van der Waals surface area (Å²) in [5, 5.41) is 3.58. The summed E-state index contributed by atoms with van der Waals surface area (Å²) >= 11 is 5.99. The topological polar surface area (TPSA) is 78.7 Å². The number of nitrogens with zero attached hydrogens (tertiary/aromatic N) is 2. The first-order valence-corrected chi connectivity index (χ1v) is 11.3. The van der Waals surface area contributed by atoms with E-state index < -0.39 is 0 Å². The van der Waals surface area contributed by atoms with Crippen LogP contribution < -0.4 is 16.0 Å². The van der Waals surface area contributed by atoms with Crippen LogP contribution in [0.2, 0.25) is 5.02 Å². The van der Waals surface area contributed by atoms with Crippen molar-refractivity contribution < 1.29 is 9.59 Å². The molecule has 0 spiro atoms. The van der Waals surface area contributed by atoms with E-state index in [1.807, 2.05) is 30.3 Å². The van der Waals surface area contributed by atoms with Gasteiger partial charge in [-0.05, 0) is 74.2 Å². The Morgan fingerprint density at radius 2 is 1.77 bits per heavy atom. The number of anilines is 2. The molecular formula is C24H29ClN4O2. The third-order valence-electron chi connectivity index (χ3n) is 6.33. The fraction of sp³-hybridized carbons (Fsp3) is 0.417. The summed E-state index contributed by atoms with van der Waals surface area (Å²) in [5.41, 5.74) is 8.41. The van der Waals surface area contributed by atoms with E-state index in [1.54, 1.807) is 6.07 Å². The van der Waals surface area contributed by atoms with E-state index in [9.17, 15) is 9.59 Å². The molecule has 2 saturated heterocycles. The molecule has 0 aliphatic carbocycles. The van der Waals surface area contributed by atoms with Crippen molar-refractivity contribution in [1.29, 1.82) is 0 Å². The van der Waals surface area contributed by atoms with Crippen LogP contribution in [0.5, 0.6) is 0 Å². The minimum atomic E-state index is -0.187. The second-order valence-corrected chi connectivity index (χ2v) is 8.85. The molecule has 2 aromatic carbocycles. The van der Waals surface area contributed by atoms with Gasteiger partial charge in [0.25, 0.3) is 0 Å². The van der Waals surface area contributed by atoms with Crippen molar-refractivity contribution in [2.75, 3.05) is 29.9 Å². The number of nitrogens with one attached hydrogen (secondary N) is 1. The maximum Gasteiger partial charge on any atom is 0.234 e. The molecule has 0 saturated carbocycles. The van der Waals surface area contributed by atoms with Crippen LogP contribution in [0.25, 0.3) is 0 Å². The summed E-state index contributed by atoms with van der Waals surface area (Å²) in [5.74, 6) is -0.252. The zero-order chi connectivity index (χ0) is 21.8. The van der Waals surface area contributed by atoms with Gasteiger partial charge in [0.2, 0.25) is 11.8 Å². The molecule has 2 aliphatic heterocycles. The zero-order valence-electron chi connectivity index (χ0n) is 17.6. The van der Waals surface area contributed by atoms with Gasteiger partial charge < -0.3 is 16.0 Å². The molecule has 2 aliphatic rings. The van der Waals surface area contributed by atoms with Gasteiger partial charge in [-0.1, -0.05) is 23.7 Å². The molecule has 7 heteroatoms. The Hall–Kier alpha value is -2.57. The molecule has 2 heterocycles. The van der Waals surface area contributed by atoms with Gasteiger partial charge in [0.1, 0.15) is 0 Å². The van der Waals surface area contributed by atoms with Gasteiger partial charge in [-0.3, -0.25) is 14.5 Å². The Morgan fingerprint density at radius 3 is 2.45 bits per heavy atom. The number of piperidine rings is 1. The number of benzene rings is 2. The van der Waals surface area contributed by atoms with Crippen LogP contribution in [0.4, 0.5) is 11.4 Å². The standard InChI is InChI=1S/C24H29ClN4O2/c25-18-4-1-3-17(15-18)16-23(30)27-19-6-8-20(9-7-19)28-13-10-21(11-14-28)29-12-2-5-22(29)24(26)31/h1,3-4,6-9,15,21-22H,2,5,10-14,16H2,(H2,26,31)(H,27,30)/t22-/m0/s1. The molecular weight excluding hydrogens is 412 g/mol. The van der Waals surface area contributed by atoms with Crippen LogP contribution >= 0.6 is 11.6 Å². The number of likely N-dealkylation sites (tertiary alicyclic amines) is 1. The maximum absolute atomic E-state index is 12.3. The monoisotopic (exact) mass is 440 g/mol. The summed E-state index contributed by atoms with van der Waals surface area (Å²) < 4.78 is 0. The normalized spacial score (nSPS) is 20.0. The van der Waals surface area contributed by atoms with Crippen LogP contribution in [0.1, 0.15) is 31.2 Å². The molecule has 3 N–H and O–H groups in total. The number of carbonyl (C=O) groups is 2. The van der Waals surface area contributed by atoms with Gasteiger partial charge >= 0.3 is 0 Å². The van der Waals surface area contributed by atoms with Gasteiger partial charge in [-0.15, -0.1) is 0 Å². The third-order valence-corrected chi connectivity index (χ3v) is 6.56. The SMILES string of the molecule is NC(=O)[C@@H]1CCCN1C1CCN(c2ccc(NC(=O)Cc3cccc(Cl)c3)cc2)CC1. The quantitative estimate of drug-likeness (QED) is 0.721. The van der Waals surface area contributed by atoms with E-state index in [1.165, 1.54) is 0 Å². The van der Waals surface area contributed by atoms with Crippen LogP contribution in [0.3, 0.4) is 0 Å².